The van der Waals surface area contributed by atoms with E-state index in [-0.39, 0.29) is 12.1 Å². The molecular weight excluding hydrogens is 345 g/mol. The fourth-order valence-corrected chi connectivity index (χ4v) is 1.79. The second-order valence-electron chi connectivity index (χ2n) is 5.18. The van der Waals surface area contributed by atoms with Gasteiger partial charge in [0.15, 0.2) is 0 Å². The fourth-order valence-electron chi connectivity index (χ4n) is 1.18. The van der Waals surface area contributed by atoms with Crippen LogP contribution in [0.1, 0.15) is 45.0 Å². The molecule has 0 saturated carbocycles. The molecule has 0 aliphatic heterocycles. The number of carbonyl (C=O) groups excluding carboxylic acids is 1. The lowest BCUT2D eigenvalue weighted by atomic mass is 10.2. The maximum atomic E-state index is 11.8. The number of hydrogen-bond donors (Lipinski definition) is 0. The van der Waals surface area contributed by atoms with E-state index in [1.807, 2.05) is 34.6 Å². The van der Waals surface area contributed by atoms with Gasteiger partial charge < -0.3 is 9.47 Å². The minimum absolute atomic E-state index is 0.0541. The van der Waals surface area contributed by atoms with Gasteiger partial charge in [0.2, 0.25) is 5.88 Å². The Bertz CT molecular complexity index is 438. The van der Waals surface area contributed by atoms with Gasteiger partial charge in [0.1, 0.15) is 5.60 Å². The van der Waals surface area contributed by atoms with Crippen LogP contribution in [-0.2, 0) is 4.74 Å². The highest BCUT2D eigenvalue weighted by molar-refractivity contribution is 14.1. The number of rotatable bonds is 3. The molecule has 1 aromatic heterocycles. The van der Waals surface area contributed by atoms with Gasteiger partial charge in [-0.05, 0) is 63.3 Å². The van der Waals surface area contributed by atoms with Gasteiger partial charge in [0.25, 0.3) is 0 Å². The Labute approximate surface area is 121 Å². The van der Waals surface area contributed by atoms with E-state index in [1.54, 1.807) is 6.07 Å². The molecule has 100 valence electrons. The van der Waals surface area contributed by atoms with Crippen molar-refractivity contribution in [1.29, 1.82) is 0 Å². The third kappa shape index (κ3) is 4.80. The standard InChI is InChI=1S/C13H18INO3/c1-8(2)17-11-10(14)6-9(7-15-11)12(16)18-13(3,4)5/h6-8H,1-5H3. The maximum Gasteiger partial charge on any atom is 0.340 e. The third-order valence-corrected chi connectivity index (χ3v) is 2.56. The van der Waals surface area contributed by atoms with Gasteiger partial charge in [0, 0.05) is 6.20 Å². The van der Waals surface area contributed by atoms with Crippen LogP contribution in [0.2, 0.25) is 0 Å². The van der Waals surface area contributed by atoms with Crippen molar-refractivity contribution in [2.75, 3.05) is 0 Å². The Kier molecular flexibility index (Phi) is 4.95. The molecule has 0 saturated heterocycles. The predicted molar refractivity (Wildman–Crippen MR) is 77.9 cm³/mol. The van der Waals surface area contributed by atoms with Crippen molar-refractivity contribution in [3.8, 4) is 5.88 Å². The summed E-state index contributed by atoms with van der Waals surface area (Å²) >= 11 is 2.09. The van der Waals surface area contributed by atoms with Crippen molar-refractivity contribution >= 4 is 28.6 Å². The number of esters is 1. The molecule has 18 heavy (non-hydrogen) atoms. The zero-order valence-electron chi connectivity index (χ0n) is 11.3. The first-order valence-electron chi connectivity index (χ1n) is 5.74. The molecule has 0 spiro atoms. The number of hydrogen-bond acceptors (Lipinski definition) is 4. The summed E-state index contributed by atoms with van der Waals surface area (Å²) in [6.07, 6.45) is 1.53. The summed E-state index contributed by atoms with van der Waals surface area (Å²) in [7, 11) is 0. The van der Waals surface area contributed by atoms with Crippen LogP contribution in [0.3, 0.4) is 0 Å². The Morgan fingerprint density at radius 1 is 1.39 bits per heavy atom. The third-order valence-electron chi connectivity index (χ3n) is 1.79. The van der Waals surface area contributed by atoms with Gasteiger partial charge in [-0.2, -0.15) is 0 Å². The van der Waals surface area contributed by atoms with Gasteiger partial charge in [-0.15, -0.1) is 0 Å². The summed E-state index contributed by atoms with van der Waals surface area (Å²) in [6, 6.07) is 1.72. The molecule has 0 aliphatic rings. The number of ether oxygens (including phenoxy) is 2. The van der Waals surface area contributed by atoms with Crippen molar-refractivity contribution in [2.45, 2.75) is 46.3 Å². The van der Waals surface area contributed by atoms with Crippen molar-refractivity contribution in [3.05, 3.63) is 21.4 Å². The highest BCUT2D eigenvalue weighted by atomic mass is 127. The summed E-state index contributed by atoms with van der Waals surface area (Å²) in [5.41, 5.74) is -0.0688. The molecule has 0 fully saturated rings. The number of pyridine rings is 1. The molecule has 0 bridgehead atoms. The zero-order chi connectivity index (χ0) is 13.9. The monoisotopic (exact) mass is 363 g/mol. The quantitative estimate of drug-likeness (QED) is 0.610. The molecule has 0 atom stereocenters. The molecule has 0 radical (unpaired) electrons. The van der Waals surface area contributed by atoms with Crippen LogP contribution >= 0.6 is 22.6 Å². The van der Waals surface area contributed by atoms with E-state index in [0.29, 0.717) is 11.4 Å². The maximum absolute atomic E-state index is 11.8. The first kappa shape index (κ1) is 15.2. The van der Waals surface area contributed by atoms with Crippen LogP contribution in [-0.4, -0.2) is 22.7 Å². The summed E-state index contributed by atoms with van der Waals surface area (Å²) in [5.74, 6) is 0.168. The molecular formula is C13H18INO3. The van der Waals surface area contributed by atoms with Crippen LogP contribution in [0.5, 0.6) is 5.88 Å². The molecule has 0 N–H and O–H groups in total. The molecule has 0 unspecified atom stereocenters. The molecule has 0 aliphatic carbocycles. The fraction of sp³-hybridized carbons (Fsp3) is 0.538. The molecule has 5 heteroatoms. The average molecular weight is 363 g/mol. The lowest BCUT2D eigenvalue weighted by Gasteiger charge is -2.19. The molecule has 1 rings (SSSR count). The highest BCUT2D eigenvalue weighted by Gasteiger charge is 2.19. The minimum Gasteiger partial charge on any atom is -0.474 e. The topological polar surface area (TPSA) is 48.4 Å². The lowest BCUT2D eigenvalue weighted by Crippen LogP contribution is -2.24. The Morgan fingerprint density at radius 3 is 2.44 bits per heavy atom. The highest BCUT2D eigenvalue weighted by Crippen LogP contribution is 2.21. The average Bonchev–Trinajstić information content (AvgIpc) is 2.17. The first-order chi connectivity index (χ1) is 8.19. The minimum atomic E-state index is -0.504. The SMILES string of the molecule is CC(C)Oc1ncc(C(=O)OC(C)(C)C)cc1I. The largest absolute Gasteiger partial charge is 0.474 e. The normalized spacial score (nSPS) is 11.5. The number of nitrogens with zero attached hydrogens (tertiary/aromatic N) is 1. The molecule has 4 nitrogen and oxygen atoms in total. The van der Waals surface area contributed by atoms with Gasteiger partial charge in [0.05, 0.1) is 15.2 Å². The van der Waals surface area contributed by atoms with E-state index >= 15 is 0 Å². The van der Waals surface area contributed by atoms with Crippen LogP contribution < -0.4 is 4.74 Å². The van der Waals surface area contributed by atoms with Crippen molar-refractivity contribution in [3.63, 3.8) is 0 Å². The molecule has 1 heterocycles. The molecule has 0 aromatic carbocycles. The smallest absolute Gasteiger partial charge is 0.340 e. The lowest BCUT2D eigenvalue weighted by molar-refractivity contribution is 0.00689. The number of aromatic nitrogens is 1. The van der Waals surface area contributed by atoms with E-state index in [9.17, 15) is 4.79 Å². The second-order valence-corrected chi connectivity index (χ2v) is 6.34. The van der Waals surface area contributed by atoms with E-state index in [0.717, 1.165) is 3.57 Å². The van der Waals surface area contributed by atoms with Crippen LogP contribution in [0, 0.1) is 3.57 Å². The van der Waals surface area contributed by atoms with Crippen LogP contribution in [0.15, 0.2) is 12.3 Å². The van der Waals surface area contributed by atoms with Crippen LogP contribution in [0.25, 0.3) is 0 Å². The number of halogens is 1. The Balaban J connectivity index is 2.87. The Morgan fingerprint density at radius 2 is 2.00 bits per heavy atom. The van der Waals surface area contributed by atoms with Gasteiger partial charge in [-0.25, -0.2) is 9.78 Å². The summed E-state index contributed by atoms with van der Waals surface area (Å²) in [4.78, 5) is 16.0. The zero-order valence-corrected chi connectivity index (χ0v) is 13.4. The van der Waals surface area contributed by atoms with Gasteiger partial charge in [-0.1, -0.05) is 0 Å². The molecule has 1 aromatic rings. The van der Waals surface area contributed by atoms with E-state index in [1.165, 1.54) is 6.20 Å². The summed E-state index contributed by atoms with van der Waals surface area (Å²) in [6.45, 7) is 9.36. The molecule has 0 amide bonds. The summed E-state index contributed by atoms with van der Waals surface area (Å²) < 4.78 is 11.6. The van der Waals surface area contributed by atoms with Gasteiger partial charge >= 0.3 is 5.97 Å². The van der Waals surface area contributed by atoms with Crippen molar-refractivity contribution < 1.29 is 14.3 Å². The summed E-state index contributed by atoms with van der Waals surface area (Å²) in [5, 5.41) is 0. The van der Waals surface area contributed by atoms with E-state index < -0.39 is 5.60 Å². The number of carbonyl (C=O) groups is 1. The van der Waals surface area contributed by atoms with Crippen molar-refractivity contribution in [1.82, 2.24) is 4.98 Å². The van der Waals surface area contributed by atoms with Crippen LogP contribution in [0.4, 0.5) is 0 Å². The van der Waals surface area contributed by atoms with E-state index in [4.69, 9.17) is 9.47 Å². The first-order valence-corrected chi connectivity index (χ1v) is 6.82. The second kappa shape index (κ2) is 5.86. The van der Waals surface area contributed by atoms with Gasteiger partial charge in [-0.3, -0.25) is 0 Å². The van der Waals surface area contributed by atoms with Crippen molar-refractivity contribution in [2.24, 2.45) is 0 Å². The van der Waals surface area contributed by atoms with E-state index in [2.05, 4.69) is 27.6 Å². The predicted octanol–water partition coefficient (Wildman–Crippen LogP) is 3.43. The Hall–Kier alpha value is -0.850.